The molecular formula is C10H6BrF2NS. The Morgan fingerprint density at radius 1 is 1.13 bits per heavy atom. The van der Waals surface area contributed by atoms with Crippen LogP contribution in [0, 0.1) is 11.6 Å². The third-order valence-corrected chi connectivity index (χ3v) is 3.58. The van der Waals surface area contributed by atoms with Gasteiger partial charge in [-0.05, 0) is 34.1 Å². The summed E-state index contributed by atoms with van der Waals surface area (Å²) in [6.45, 7) is 0. The van der Waals surface area contributed by atoms with Gasteiger partial charge in [-0.25, -0.2) is 8.78 Å². The SMILES string of the molecule is Nc1cc(-c2ccc(Br)s2)c(F)cc1F. The lowest BCUT2D eigenvalue weighted by Gasteiger charge is -2.02. The topological polar surface area (TPSA) is 26.0 Å². The van der Waals surface area contributed by atoms with Crippen molar-refractivity contribution in [3.05, 3.63) is 39.7 Å². The van der Waals surface area contributed by atoms with Crippen LogP contribution in [0.3, 0.4) is 0 Å². The van der Waals surface area contributed by atoms with Crippen LogP contribution >= 0.6 is 27.3 Å². The summed E-state index contributed by atoms with van der Waals surface area (Å²) in [4.78, 5) is 0.714. The molecule has 0 spiro atoms. The van der Waals surface area contributed by atoms with Gasteiger partial charge in [-0.2, -0.15) is 0 Å². The van der Waals surface area contributed by atoms with E-state index in [0.717, 1.165) is 9.85 Å². The van der Waals surface area contributed by atoms with E-state index in [1.54, 1.807) is 12.1 Å². The van der Waals surface area contributed by atoms with Gasteiger partial charge in [0.15, 0.2) is 0 Å². The number of nitrogen functional groups attached to an aromatic ring is 1. The first-order valence-corrected chi connectivity index (χ1v) is 5.69. The molecule has 2 N–H and O–H groups in total. The van der Waals surface area contributed by atoms with Crippen molar-refractivity contribution >= 4 is 33.0 Å². The Bertz CT molecular complexity index is 510. The summed E-state index contributed by atoms with van der Waals surface area (Å²) in [5, 5.41) is 0. The molecule has 1 nitrogen and oxygen atoms in total. The molecule has 0 radical (unpaired) electrons. The summed E-state index contributed by atoms with van der Waals surface area (Å²) < 4.78 is 27.2. The van der Waals surface area contributed by atoms with Crippen LogP contribution in [0.25, 0.3) is 10.4 Å². The molecule has 2 rings (SSSR count). The van der Waals surface area contributed by atoms with Gasteiger partial charge in [0, 0.05) is 16.5 Å². The zero-order valence-corrected chi connectivity index (χ0v) is 9.83. The molecule has 0 atom stereocenters. The zero-order valence-electron chi connectivity index (χ0n) is 7.43. The van der Waals surface area contributed by atoms with E-state index in [2.05, 4.69) is 15.9 Å². The summed E-state index contributed by atoms with van der Waals surface area (Å²) in [7, 11) is 0. The predicted molar refractivity (Wildman–Crippen MR) is 61.8 cm³/mol. The van der Waals surface area contributed by atoms with Crippen LogP contribution in [0.15, 0.2) is 28.1 Å². The summed E-state index contributed by atoms with van der Waals surface area (Å²) in [6.07, 6.45) is 0. The molecule has 0 aliphatic rings. The number of nitrogens with two attached hydrogens (primary N) is 1. The number of anilines is 1. The Labute approximate surface area is 97.7 Å². The van der Waals surface area contributed by atoms with Gasteiger partial charge < -0.3 is 5.73 Å². The number of halogens is 3. The van der Waals surface area contributed by atoms with E-state index in [1.807, 2.05) is 0 Å². The molecule has 0 unspecified atom stereocenters. The second-order valence-corrected chi connectivity index (χ2v) is 5.42. The van der Waals surface area contributed by atoms with Crippen molar-refractivity contribution < 1.29 is 8.78 Å². The van der Waals surface area contributed by atoms with Crippen LogP contribution < -0.4 is 5.73 Å². The van der Waals surface area contributed by atoms with Crippen molar-refractivity contribution in [2.45, 2.75) is 0 Å². The monoisotopic (exact) mass is 289 g/mol. The van der Waals surface area contributed by atoms with Crippen molar-refractivity contribution in [1.29, 1.82) is 0 Å². The summed E-state index contributed by atoms with van der Waals surface area (Å²) in [6, 6.07) is 5.67. The second kappa shape index (κ2) is 3.90. The van der Waals surface area contributed by atoms with E-state index < -0.39 is 11.6 Å². The van der Waals surface area contributed by atoms with Crippen LogP contribution in [0.1, 0.15) is 0 Å². The molecule has 1 aromatic heterocycles. The summed E-state index contributed by atoms with van der Waals surface area (Å²) in [5.41, 5.74) is 5.66. The molecule has 0 amide bonds. The second-order valence-electron chi connectivity index (χ2n) is 2.96. The standard InChI is InChI=1S/C10H6BrF2NS/c11-10-2-1-9(15-10)5-3-8(14)7(13)4-6(5)12/h1-4H,14H2. The molecule has 1 aromatic carbocycles. The summed E-state index contributed by atoms with van der Waals surface area (Å²) in [5.74, 6) is -1.33. The lowest BCUT2D eigenvalue weighted by molar-refractivity contribution is 0.589. The first-order chi connectivity index (χ1) is 7.08. The highest BCUT2D eigenvalue weighted by Crippen LogP contribution is 2.34. The minimum absolute atomic E-state index is 0.0454. The molecule has 0 saturated heterocycles. The molecule has 0 fully saturated rings. The van der Waals surface area contributed by atoms with Gasteiger partial charge in [0.05, 0.1) is 9.47 Å². The molecule has 78 valence electrons. The fourth-order valence-corrected chi connectivity index (χ4v) is 2.62. The number of benzene rings is 1. The van der Waals surface area contributed by atoms with Gasteiger partial charge in [0.1, 0.15) is 11.6 Å². The maximum absolute atomic E-state index is 13.4. The van der Waals surface area contributed by atoms with Crippen molar-refractivity contribution in [3.8, 4) is 10.4 Å². The quantitative estimate of drug-likeness (QED) is 0.788. The van der Waals surface area contributed by atoms with Crippen LogP contribution in [-0.2, 0) is 0 Å². The van der Waals surface area contributed by atoms with Crippen molar-refractivity contribution in [3.63, 3.8) is 0 Å². The third-order valence-electron chi connectivity index (χ3n) is 1.93. The van der Waals surface area contributed by atoms with E-state index >= 15 is 0 Å². The highest BCUT2D eigenvalue weighted by molar-refractivity contribution is 9.11. The van der Waals surface area contributed by atoms with Gasteiger partial charge in [-0.1, -0.05) is 0 Å². The fraction of sp³-hybridized carbons (Fsp3) is 0. The van der Waals surface area contributed by atoms with Gasteiger partial charge in [0.25, 0.3) is 0 Å². The number of hydrogen-bond acceptors (Lipinski definition) is 2. The molecule has 0 bridgehead atoms. The van der Waals surface area contributed by atoms with Gasteiger partial charge >= 0.3 is 0 Å². The molecule has 1 heterocycles. The average Bonchev–Trinajstić information content (AvgIpc) is 2.58. The number of hydrogen-bond donors (Lipinski definition) is 1. The molecular weight excluding hydrogens is 284 g/mol. The smallest absolute Gasteiger partial charge is 0.149 e. The first-order valence-electron chi connectivity index (χ1n) is 4.08. The molecule has 0 aliphatic carbocycles. The molecule has 15 heavy (non-hydrogen) atoms. The molecule has 5 heteroatoms. The summed E-state index contributed by atoms with van der Waals surface area (Å²) >= 11 is 4.65. The minimum atomic E-state index is -0.730. The lowest BCUT2D eigenvalue weighted by Crippen LogP contribution is -1.93. The van der Waals surface area contributed by atoms with E-state index in [-0.39, 0.29) is 5.69 Å². The maximum atomic E-state index is 13.4. The van der Waals surface area contributed by atoms with E-state index in [1.165, 1.54) is 17.4 Å². The predicted octanol–water partition coefficient (Wildman–Crippen LogP) is 4.04. The van der Waals surface area contributed by atoms with Crippen LogP contribution in [-0.4, -0.2) is 0 Å². The first kappa shape index (κ1) is 10.6. The number of rotatable bonds is 1. The van der Waals surface area contributed by atoms with Crippen molar-refractivity contribution in [2.75, 3.05) is 5.73 Å². The maximum Gasteiger partial charge on any atom is 0.149 e. The van der Waals surface area contributed by atoms with Crippen LogP contribution in [0.4, 0.5) is 14.5 Å². The van der Waals surface area contributed by atoms with E-state index in [4.69, 9.17) is 5.73 Å². The molecule has 2 aromatic rings. The Kier molecular flexibility index (Phi) is 2.75. The van der Waals surface area contributed by atoms with Gasteiger partial charge in [-0.15, -0.1) is 11.3 Å². The highest BCUT2D eigenvalue weighted by atomic mass is 79.9. The van der Waals surface area contributed by atoms with E-state index in [9.17, 15) is 8.78 Å². The van der Waals surface area contributed by atoms with Crippen LogP contribution in [0.5, 0.6) is 0 Å². The third kappa shape index (κ3) is 2.03. The fourth-order valence-electron chi connectivity index (χ4n) is 1.21. The Balaban J connectivity index is 2.58. The average molecular weight is 290 g/mol. The zero-order chi connectivity index (χ0) is 11.0. The van der Waals surface area contributed by atoms with Crippen LogP contribution in [0.2, 0.25) is 0 Å². The normalized spacial score (nSPS) is 10.6. The number of thiophene rings is 1. The van der Waals surface area contributed by atoms with Crippen molar-refractivity contribution in [1.82, 2.24) is 0 Å². The van der Waals surface area contributed by atoms with Gasteiger partial charge in [-0.3, -0.25) is 0 Å². The largest absolute Gasteiger partial charge is 0.396 e. The minimum Gasteiger partial charge on any atom is -0.396 e. The highest BCUT2D eigenvalue weighted by Gasteiger charge is 2.11. The lowest BCUT2D eigenvalue weighted by atomic mass is 10.1. The van der Waals surface area contributed by atoms with E-state index in [0.29, 0.717) is 10.4 Å². The van der Waals surface area contributed by atoms with Gasteiger partial charge in [0.2, 0.25) is 0 Å². The Hall–Kier alpha value is -0.940. The van der Waals surface area contributed by atoms with Crippen molar-refractivity contribution in [2.24, 2.45) is 0 Å². The Morgan fingerprint density at radius 3 is 2.47 bits per heavy atom. The molecule has 0 saturated carbocycles. The Morgan fingerprint density at radius 2 is 1.87 bits per heavy atom. The molecule has 0 aliphatic heterocycles.